The number of hydrogen-bond acceptors (Lipinski definition) is 14. The molecule has 75 heavy (non-hydrogen) atoms. The van der Waals surface area contributed by atoms with E-state index in [2.05, 4.69) is 25.8 Å². The Hall–Kier alpha value is -7.96. The summed E-state index contributed by atoms with van der Waals surface area (Å²) in [5.41, 5.74) is 6.23. The summed E-state index contributed by atoms with van der Waals surface area (Å²) < 4.78 is 96.9. The Morgan fingerprint density at radius 1 is 0.467 bits per heavy atom. The van der Waals surface area contributed by atoms with Crippen LogP contribution in [0.3, 0.4) is 0 Å². The first-order chi connectivity index (χ1) is 36.5. The van der Waals surface area contributed by atoms with Gasteiger partial charge in [0.25, 0.3) is 0 Å². The number of anilines is 2. The van der Waals surface area contributed by atoms with E-state index >= 15 is 0 Å². The van der Waals surface area contributed by atoms with Gasteiger partial charge in [-0.15, -0.1) is 0 Å². The lowest BCUT2D eigenvalue weighted by atomic mass is 10.0. The van der Waals surface area contributed by atoms with Gasteiger partial charge in [0.05, 0.1) is 84.7 Å². The van der Waals surface area contributed by atoms with Crippen LogP contribution in [-0.4, -0.2) is 114 Å². The van der Waals surface area contributed by atoms with Crippen molar-refractivity contribution < 1.29 is 55.5 Å². The van der Waals surface area contributed by atoms with Crippen molar-refractivity contribution in [3.63, 3.8) is 0 Å². The Bertz CT molecular complexity index is 3210. The van der Waals surface area contributed by atoms with Crippen LogP contribution in [0.4, 0.5) is 29.2 Å². The number of aromatic nitrogens is 4. The maximum Gasteiger partial charge on any atom is 0.416 e. The lowest BCUT2D eigenvalue weighted by molar-refractivity contribution is -0.137. The largest absolute Gasteiger partial charge is 0.493 e. The van der Waals surface area contributed by atoms with E-state index < -0.39 is 11.7 Å². The van der Waals surface area contributed by atoms with Crippen LogP contribution in [0, 0.1) is 5.82 Å². The summed E-state index contributed by atoms with van der Waals surface area (Å²) in [5, 5.41) is 1.72. The molecule has 390 valence electrons. The summed E-state index contributed by atoms with van der Waals surface area (Å²) in [6, 6.07) is 35.3. The van der Waals surface area contributed by atoms with Gasteiger partial charge < -0.3 is 47.7 Å². The molecule has 0 amide bonds. The predicted octanol–water partition coefficient (Wildman–Crippen LogP) is 10.7. The van der Waals surface area contributed by atoms with Crippen LogP contribution in [0.2, 0.25) is 0 Å². The number of fused-ring (bicyclic) bond motifs is 2. The van der Waals surface area contributed by atoms with Crippen molar-refractivity contribution in [3.05, 3.63) is 144 Å². The zero-order chi connectivity index (χ0) is 52.3. The first-order valence-corrected chi connectivity index (χ1v) is 24.4. The fourth-order valence-electron chi connectivity index (χ4n) is 8.79. The smallest absolute Gasteiger partial charge is 0.416 e. The number of ether oxygens (including phenoxy) is 8. The highest BCUT2D eigenvalue weighted by molar-refractivity contribution is 5.94. The highest BCUT2D eigenvalue weighted by Gasteiger charge is 2.30. The molecule has 0 bridgehead atoms. The topological polar surface area (TPSA) is 132 Å². The fraction of sp³-hybridized carbons (Fsp3) is 0.298. The van der Waals surface area contributed by atoms with Gasteiger partial charge in [0.15, 0.2) is 23.0 Å². The van der Waals surface area contributed by atoms with Gasteiger partial charge in [0.2, 0.25) is 0 Å². The van der Waals surface area contributed by atoms with Crippen LogP contribution in [0.25, 0.3) is 44.1 Å². The number of hydrogen-bond donors (Lipinski definition) is 0. The van der Waals surface area contributed by atoms with E-state index in [0.29, 0.717) is 111 Å². The molecule has 0 aliphatic carbocycles. The third-order valence-electron chi connectivity index (χ3n) is 12.8. The highest BCUT2D eigenvalue weighted by atomic mass is 19.4. The Kier molecular flexibility index (Phi) is 16.6. The first kappa shape index (κ1) is 51.9. The van der Waals surface area contributed by atoms with Gasteiger partial charge >= 0.3 is 18.2 Å². The zero-order valence-electron chi connectivity index (χ0n) is 42.0. The van der Waals surface area contributed by atoms with E-state index in [-0.39, 0.29) is 11.8 Å². The summed E-state index contributed by atoms with van der Waals surface area (Å²) in [4.78, 5) is 23.1. The number of rotatable bonds is 16. The molecule has 0 saturated carbocycles. The van der Waals surface area contributed by atoms with Crippen molar-refractivity contribution >= 4 is 33.4 Å². The van der Waals surface area contributed by atoms with Crippen molar-refractivity contribution in [1.29, 1.82) is 0 Å². The van der Waals surface area contributed by atoms with E-state index in [9.17, 15) is 17.6 Å². The van der Waals surface area contributed by atoms with Gasteiger partial charge in [-0.1, -0.05) is 48.5 Å². The maximum absolute atomic E-state index is 13.4. The standard InChI is InChI=1S/C29H28F3N3O4.C28H28FN3O4/c1-36-25-10-3-19(17-26(25)37-2)11-14-39-28-33-24-9-6-21(20-4-7-22(8-5-20)29(30,31)32)18-23(24)27(34-28)35-12-15-38-16-13-35;1-33-25-10-3-19(17-26(25)34-2)11-14-36-28-30-24-9-6-21(20-4-7-22(29)8-5-20)18-23(24)27(31-28)32-12-15-35-16-13-32/h3-10,17-18H,11-16H2,1-2H3;3-10,17-18H,11-16H2,1-2H3. The van der Waals surface area contributed by atoms with Gasteiger partial charge in [-0.2, -0.15) is 33.1 Å². The van der Waals surface area contributed by atoms with Crippen molar-refractivity contribution in [3.8, 4) is 57.3 Å². The molecule has 2 fully saturated rings. The molecule has 2 aromatic heterocycles. The van der Waals surface area contributed by atoms with Crippen LogP contribution in [0.5, 0.6) is 35.0 Å². The minimum atomic E-state index is -4.38. The summed E-state index contributed by atoms with van der Waals surface area (Å²) in [5.74, 6) is 3.94. The average Bonchev–Trinajstić information content (AvgIpc) is 3.45. The third-order valence-corrected chi connectivity index (χ3v) is 12.8. The molecule has 0 N–H and O–H groups in total. The molecule has 8 aromatic rings. The monoisotopic (exact) mass is 1030 g/mol. The molecule has 0 radical (unpaired) electrons. The molecule has 2 aliphatic rings. The van der Waals surface area contributed by atoms with E-state index in [1.54, 1.807) is 40.6 Å². The van der Waals surface area contributed by atoms with E-state index in [1.165, 1.54) is 24.3 Å². The molecule has 14 nitrogen and oxygen atoms in total. The lowest BCUT2D eigenvalue weighted by Gasteiger charge is -2.29. The molecule has 6 aromatic carbocycles. The highest BCUT2D eigenvalue weighted by Crippen LogP contribution is 2.36. The molecule has 0 atom stereocenters. The fourth-order valence-corrected chi connectivity index (χ4v) is 8.79. The van der Waals surface area contributed by atoms with Crippen LogP contribution >= 0.6 is 0 Å². The summed E-state index contributed by atoms with van der Waals surface area (Å²) in [6.07, 6.45) is -3.10. The molecule has 10 rings (SSSR count). The van der Waals surface area contributed by atoms with Gasteiger partial charge in [0, 0.05) is 49.8 Å². The Labute approximate surface area is 431 Å². The molecular formula is C57H56F4N6O8. The first-order valence-electron chi connectivity index (χ1n) is 24.4. The molecular weight excluding hydrogens is 973 g/mol. The average molecular weight is 1030 g/mol. The van der Waals surface area contributed by atoms with Crippen LogP contribution in [0.15, 0.2) is 121 Å². The molecule has 2 saturated heterocycles. The van der Waals surface area contributed by atoms with E-state index in [1.807, 2.05) is 66.7 Å². The van der Waals surface area contributed by atoms with Gasteiger partial charge in [-0.25, -0.2) is 4.39 Å². The lowest BCUT2D eigenvalue weighted by Crippen LogP contribution is -2.37. The zero-order valence-corrected chi connectivity index (χ0v) is 42.0. The van der Waals surface area contributed by atoms with Gasteiger partial charge in [-0.05, 0) is 106 Å². The third kappa shape index (κ3) is 12.7. The number of benzene rings is 6. The minimum absolute atomic E-state index is 0.256. The van der Waals surface area contributed by atoms with Crippen LogP contribution < -0.4 is 38.2 Å². The minimum Gasteiger partial charge on any atom is -0.493 e. The Morgan fingerprint density at radius 2 is 0.867 bits per heavy atom. The second kappa shape index (κ2) is 23.9. The van der Waals surface area contributed by atoms with Crippen molar-refractivity contribution in [2.75, 3.05) is 104 Å². The maximum atomic E-state index is 13.4. The second-order valence-corrected chi connectivity index (χ2v) is 17.5. The van der Waals surface area contributed by atoms with Crippen LogP contribution in [-0.2, 0) is 28.5 Å². The predicted molar refractivity (Wildman–Crippen MR) is 278 cm³/mol. The summed E-state index contributed by atoms with van der Waals surface area (Å²) >= 11 is 0. The number of morpholine rings is 2. The van der Waals surface area contributed by atoms with Crippen molar-refractivity contribution in [1.82, 2.24) is 19.9 Å². The quantitative estimate of drug-likeness (QED) is 0.0851. The number of methoxy groups -OCH3 is 4. The Balaban J connectivity index is 0.000000184. The molecule has 0 spiro atoms. The van der Waals surface area contributed by atoms with Gasteiger partial charge in [-0.3, -0.25) is 0 Å². The second-order valence-electron chi connectivity index (χ2n) is 17.5. The number of nitrogens with zero attached hydrogens (tertiary/aromatic N) is 6. The summed E-state index contributed by atoms with van der Waals surface area (Å²) in [7, 11) is 6.43. The van der Waals surface area contributed by atoms with Gasteiger partial charge in [0.1, 0.15) is 17.5 Å². The number of alkyl halides is 3. The van der Waals surface area contributed by atoms with Crippen molar-refractivity contribution in [2.45, 2.75) is 19.0 Å². The van der Waals surface area contributed by atoms with E-state index in [4.69, 9.17) is 47.9 Å². The molecule has 18 heteroatoms. The van der Waals surface area contributed by atoms with E-state index in [0.717, 1.165) is 75.1 Å². The Morgan fingerprint density at radius 3 is 1.27 bits per heavy atom. The molecule has 2 aliphatic heterocycles. The normalized spacial score (nSPS) is 13.8. The van der Waals surface area contributed by atoms with Crippen molar-refractivity contribution in [2.24, 2.45) is 0 Å². The molecule has 0 unspecified atom stereocenters. The molecule has 4 heterocycles. The number of halogens is 4. The SMILES string of the molecule is COc1ccc(CCOc2nc(N3CCOCC3)c3cc(-c4ccc(C(F)(F)F)cc4)ccc3n2)cc1OC.COc1ccc(CCOc2nc(N3CCOCC3)c3cc(-c4ccc(F)cc4)ccc3n2)cc1OC. The van der Waals surface area contributed by atoms with Crippen LogP contribution in [0.1, 0.15) is 16.7 Å². The summed E-state index contributed by atoms with van der Waals surface area (Å²) in [6.45, 7) is 5.96.